The Labute approximate surface area is 127 Å². The number of benzene rings is 1. The Balaban J connectivity index is 2.02. The summed E-state index contributed by atoms with van der Waals surface area (Å²) in [7, 11) is 0. The molecule has 21 heavy (non-hydrogen) atoms. The molecule has 1 aromatic carbocycles. The molecule has 2 unspecified atom stereocenters. The second-order valence-electron chi connectivity index (χ2n) is 6.25. The number of para-hydroxylation sites is 2. The maximum absolute atomic E-state index is 12.4. The number of hydrogen-bond donors (Lipinski definition) is 2. The van der Waals surface area contributed by atoms with Crippen molar-refractivity contribution in [3.05, 3.63) is 24.3 Å². The van der Waals surface area contributed by atoms with E-state index in [0.717, 1.165) is 37.1 Å². The van der Waals surface area contributed by atoms with Crippen LogP contribution in [0.4, 0.5) is 5.69 Å². The van der Waals surface area contributed by atoms with Gasteiger partial charge >= 0.3 is 0 Å². The number of carbonyl (C=O) groups excluding carboxylic acids is 1. The normalized spacial score (nSPS) is 22.1. The van der Waals surface area contributed by atoms with Gasteiger partial charge in [-0.25, -0.2) is 0 Å². The quantitative estimate of drug-likeness (QED) is 0.875. The van der Waals surface area contributed by atoms with Crippen LogP contribution in [0.3, 0.4) is 0 Å². The second-order valence-corrected chi connectivity index (χ2v) is 6.25. The van der Waals surface area contributed by atoms with Crippen LogP contribution in [-0.2, 0) is 4.79 Å². The van der Waals surface area contributed by atoms with Gasteiger partial charge in [0.15, 0.2) is 0 Å². The summed E-state index contributed by atoms with van der Waals surface area (Å²) in [6.45, 7) is 4.83. The molecule has 0 radical (unpaired) electrons. The largest absolute Gasteiger partial charge is 0.491 e. The molecular weight excluding hydrogens is 264 g/mol. The lowest BCUT2D eigenvalue weighted by atomic mass is 9.84. The molecule has 2 rings (SSSR count). The number of nitrogens with two attached hydrogens (primary N) is 1. The maximum Gasteiger partial charge on any atom is 0.229 e. The predicted octanol–water partition coefficient (Wildman–Crippen LogP) is 3.18. The topological polar surface area (TPSA) is 64.3 Å². The summed E-state index contributed by atoms with van der Waals surface area (Å²) in [5.41, 5.74) is 6.81. The van der Waals surface area contributed by atoms with Crippen LogP contribution < -0.4 is 15.8 Å². The molecule has 0 heterocycles. The number of carbonyl (C=O) groups is 1. The summed E-state index contributed by atoms with van der Waals surface area (Å²) < 4.78 is 5.77. The number of rotatable bonds is 5. The van der Waals surface area contributed by atoms with Crippen LogP contribution in [-0.4, -0.2) is 18.6 Å². The van der Waals surface area contributed by atoms with Crippen LogP contribution in [0.5, 0.6) is 5.75 Å². The zero-order valence-electron chi connectivity index (χ0n) is 13.0. The average Bonchev–Trinajstić information content (AvgIpc) is 2.46. The van der Waals surface area contributed by atoms with Gasteiger partial charge in [-0.05, 0) is 30.9 Å². The molecule has 1 saturated carbocycles. The van der Waals surface area contributed by atoms with Gasteiger partial charge in [-0.1, -0.05) is 38.8 Å². The van der Waals surface area contributed by atoms with Gasteiger partial charge in [0.2, 0.25) is 5.91 Å². The van der Waals surface area contributed by atoms with Crippen LogP contribution in [0.2, 0.25) is 0 Å². The van der Waals surface area contributed by atoms with Crippen LogP contribution in [0, 0.1) is 11.8 Å². The summed E-state index contributed by atoms with van der Waals surface area (Å²) in [6.07, 6.45) is 4.02. The fraction of sp³-hybridized carbons (Fsp3) is 0.588. The van der Waals surface area contributed by atoms with Crippen molar-refractivity contribution in [1.82, 2.24) is 0 Å². The number of ether oxygens (including phenoxy) is 1. The molecule has 1 amide bonds. The Bertz CT molecular complexity index is 474. The first-order valence-electron chi connectivity index (χ1n) is 7.86. The maximum atomic E-state index is 12.4. The van der Waals surface area contributed by atoms with Gasteiger partial charge < -0.3 is 15.8 Å². The summed E-state index contributed by atoms with van der Waals surface area (Å²) in [4.78, 5) is 12.4. The Morgan fingerprint density at radius 3 is 2.76 bits per heavy atom. The van der Waals surface area contributed by atoms with E-state index in [-0.39, 0.29) is 17.9 Å². The highest BCUT2D eigenvalue weighted by molar-refractivity contribution is 5.94. The second kappa shape index (κ2) is 7.46. The zero-order chi connectivity index (χ0) is 15.2. The Kier molecular flexibility index (Phi) is 5.62. The molecule has 1 aliphatic rings. The van der Waals surface area contributed by atoms with Crippen LogP contribution >= 0.6 is 0 Å². The van der Waals surface area contributed by atoms with Gasteiger partial charge in [-0.2, -0.15) is 0 Å². The molecule has 1 aliphatic carbocycles. The smallest absolute Gasteiger partial charge is 0.229 e. The molecule has 0 bridgehead atoms. The molecule has 4 heteroatoms. The van der Waals surface area contributed by atoms with Crippen molar-refractivity contribution < 1.29 is 9.53 Å². The summed E-state index contributed by atoms with van der Waals surface area (Å²) in [5.74, 6) is 1.10. The fourth-order valence-electron chi connectivity index (χ4n) is 2.66. The predicted molar refractivity (Wildman–Crippen MR) is 85.3 cm³/mol. The molecule has 0 aliphatic heterocycles. The third-order valence-corrected chi connectivity index (χ3v) is 3.87. The number of nitrogens with one attached hydrogen (secondary N) is 1. The van der Waals surface area contributed by atoms with E-state index < -0.39 is 0 Å². The van der Waals surface area contributed by atoms with Gasteiger partial charge in [-0.3, -0.25) is 4.79 Å². The molecule has 3 N–H and O–H groups in total. The molecule has 0 spiro atoms. The average molecular weight is 290 g/mol. The first-order valence-corrected chi connectivity index (χ1v) is 7.86. The minimum absolute atomic E-state index is 0.0165. The molecule has 0 aromatic heterocycles. The van der Waals surface area contributed by atoms with Gasteiger partial charge in [-0.15, -0.1) is 0 Å². The van der Waals surface area contributed by atoms with Crippen molar-refractivity contribution in [2.24, 2.45) is 17.6 Å². The Morgan fingerprint density at radius 1 is 1.33 bits per heavy atom. The van der Waals surface area contributed by atoms with Crippen molar-refractivity contribution in [2.75, 3.05) is 11.9 Å². The van der Waals surface area contributed by atoms with E-state index in [4.69, 9.17) is 10.5 Å². The molecule has 2 atom stereocenters. The van der Waals surface area contributed by atoms with Crippen molar-refractivity contribution in [3.63, 3.8) is 0 Å². The van der Waals surface area contributed by atoms with Gasteiger partial charge in [0.05, 0.1) is 18.2 Å². The van der Waals surface area contributed by atoms with Crippen LogP contribution in [0.15, 0.2) is 24.3 Å². The first-order chi connectivity index (χ1) is 10.1. The minimum atomic E-state index is -0.0862. The van der Waals surface area contributed by atoms with E-state index in [1.54, 1.807) is 0 Å². The standard InChI is InChI=1S/C17H26N2O2/c1-12(2)11-21-16-10-6-5-9-15(16)19-17(20)13-7-3-4-8-14(13)18/h5-6,9-10,12-14H,3-4,7-8,11,18H2,1-2H3,(H,19,20). The SMILES string of the molecule is CC(C)COc1ccccc1NC(=O)C1CCCCC1N. The Morgan fingerprint density at radius 2 is 2.05 bits per heavy atom. The molecule has 116 valence electrons. The summed E-state index contributed by atoms with van der Waals surface area (Å²) in [6, 6.07) is 7.55. The molecule has 4 nitrogen and oxygen atoms in total. The zero-order valence-corrected chi connectivity index (χ0v) is 13.0. The van der Waals surface area contributed by atoms with Gasteiger partial charge in [0.1, 0.15) is 5.75 Å². The molecular formula is C17H26N2O2. The first kappa shape index (κ1) is 15.8. The van der Waals surface area contributed by atoms with E-state index >= 15 is 0 Å². The lowest BCUT2D eigenvalue weighted by Gasteiger charge is -2.27. The number of anilines is 1. The molecule has 0 saturated heterocycles. The van der Waals surface area contributed by atoms with Crippen molar-refractivity contribution >= 4 is 11.6 Å². The van der Waals surface area contributed by atoms with Gasteiger partial charge in [0, 0.05) is 6.04 Å². The lowest BCUT2D eigenvalue weighted by molar-refractivity contribution is -0.121. The minimum Gasteiger partial charge on any atom is -0.491 e. The summed E-state index contributed by atoms with van der Waals surface area (Å²) >= 11 is 0. The van der Waals surface area contributed by atoms with Crippen LogP contribution in [0.1, 0.15) is 39.5 Å². The lowest BCUT2D eigenvalue weighted by Crippen LogP contribution is -2.40. The monoisotopic (exact) mass is 290 g/mol. The summed E-state index contributed by atoms with van der Waals surface area (Å²) in [5, 5.41) is 2.99. The number of hydrogen-bond acceptors (Lipinski definition) is 3. The highest BCUT2D eigenvalue weighted by Crippen LogP contribution is 2.28. The molecule has 1 fully saturated rings. The van der Waals surface area contributed by atoms with Crippen molar-refractivity contribution in [2.45, 2.75) is 45.6 Å². The fourth-order valence-corrected chi connectivity index (χ4v) is 2.66. The highest BCUT2D eigenvalue weighted by Gasteiger charge is 2.28. The van der Waals surface area contributed by atoms with E-state index in [2.05, 4.69) is 19.2 Å². The number of amides is 1. The van der Waals surface area contributed by atoms with E-state index in [0.29, 0.717) is 12.5 Å². The highest BCUT2D eigenvalue weighted by atomic mass is 16.5. The van der Waals surface area contributed by atoms with E-state index in [1.165, 1.54) is 0 Å². The Hall–Kier alpha value is -1.55. The van der Waals surface area contributed by atoms with Crippen LogP contribution in [0.25, 0.3) is 0 Å². The third kappa shape index (κ3) is 4.46. The third-order valence-electron chi connectivity index (χ3n) is 3.87. The van der Waals surface area contributed by atoms with Crippen molar-refractivity contribution in [1.29, 1.82) is 0 Å². The van der Waals surface area contributed by atoms with Crippen molar-refractivity contribution in [3.8, 4) is 5.75 Å². The van der Waals surface area contributed by atoms with Gasteiger partial charge in [0.25, 0.3) is 0 Å². The van der Waals surface area contributed by atoms with E-state index in [9.17, 15) is 4.79 Å². The molecule has 1 aromatic rings. The van der Waals surface area contributed by atoms with E-state index in [1.807, 2.05) is 24.3 Å².